The van der Waals surface area contributed by atoms with Crippen LogP contribution in [0.25, 0.3) is 0 Å². The molecule has 30 heavy (non-hydrogen) atoms. The van der Waals surface area contributed by atoms with Crippen LogP contribution in [-0.4, -0.2) is 66.8 Å². The monoisotopic (exact) mass is 423 g/mol. The number of piperidine rings is 1. The number of aliphatic hydroxyl groups is 2. The van der Waals surface area contributed by atoms with Gasteiger partial charge in [-0.05, 0) is 38.3 Å². The minimum absolute atomic E-state index is 0.224. The molecule has 0 radical (unpaired) electrons. The van der Waals surface area contributed by atoms with Crippen LogP contribution in [0.5, 0.6) is 0 Å². The first-order chi connectivity index (χ1) is 14.1. The van der Waals surface area contributed by atoms with E-state index in [1.54, 1.807) is 12.0 Å². The smallest absolute Gasteiger partial charge is 0.410 e. The number of aliphatic hydroxyl groups excluding tert-OH is 1. The molecule has 1 aromatic carbocycles. The molecular formula is C23H37NO6. The third-order valence-corrected chi connectivity index (χ3v) is 5.33. The largest absolute Gasteiger partial charge is 0.444 e. The number of amides is 1. The Balaban J connectivity index is 1.99. The lowest BCUT2D eigenvalue weighted by molar-refractivity contribution is -0.0944. The number of carbonyl (C=O) groups is 1. The van der Waals surface area contributed by atoms with Crippen molar-refractivity contribution < 1.29 is 29.2 Å². The van der Waals surface area contributed by atoms with Crippen molar-refractivity contribution in [1.29, 1.82) is 0 Å². The van der Waals surface area contributed by atoms with E-state index in [2.05, 4.69) is 6.92 Å². The molecule has 3 atom stereocenters. The number of nitrogens with zero attached hydrogens (tertiary/aromatic N) is 1. The highest BCUT2D eigenvalue weighted by atomic mass is 16.6. The molecule has 2 N–H and O–H groups in total. The number of benzene rings is 1. The molecule has 170 valence electrons. The quantitative estimate of drug-likeness (QED) is 0.668. The molecule has 0 aliphatic carbocycles. The normalized spacial score (nSPS) is 23.3. The Morgan fingerprint density at radius 2 is 1.93 bits per heavy atom. The van der Waals surface area contributed by atoms with Gasteiger partial charge in [0.15, 0.2) is 0 Å². The Labute approximate surface area is 179 Å². The Hall–Kier alpha value is -1.67. The predicted octanol–water partition coefficient (Wildman–Crippen LogP) is 2.92. The summed E-state index contributed by atoms with van der Waals surface area (Å²) in [5.74, 6) is -0.161. The van der Waals surface area contributed by atoms with Crippen LogP contribution in [0.4, 0.5) is 4.79 Å². The number of methoxy groups -OCH3 is 1. The molecule has 7 nitrogen and oxygen atoms in total. The summed E-state index contributed by atoms with van der Waals surface area (Å²) < 4.78 is 16.3. The first kappa shape index (κ1) is 24.6. The van der Waals surface area contributed by atoms with Crippen LogP contribution < -0.4 is 0 Å². The molecule has 1 saturated heterocycles. The summed E-state index contributed by atoms with van der Waals surface area (Å²) >= 11 is 0. The van der Waals surface area contributed by atoms with Gasteiger partial charge in [0.25, 0.3) is 0 Å². The second kappa shape index (κ2) is 10.6. The Bertz CT molecular complexity index is 671. The zero-order valence-electron chi connectivity index (χ0n) is 18.9. The summed E-state index contributed by atoms with van der Waals surface area (Å²) in [5, 5.41) is 21.3. The van der Waals surface area contributed by atoms with E-state index in [4.69, 9.17) is 14.2 Å². The van der Waals surface area contributed by atoms with E-state index in [0.717, 1.165) is 11.1 Å². The second-order valence-corrected chi connectivity index (χ2v) is 9.25. The van der Waals surface area contributed by atoms with Crippen LogP contribution in [0.2, 0.25) is 0 Å². The van der Waals surface area contributed by atoms with Gasteiger partial charge in [-0.15, -0.1) is 0 Å². The molecule has 2 rings (SSSR count). The molecule has 1 amide bonds. The lowest BCUT2D eigenvalue weighted by Gasteiger charge is -2.44. The van der Waals surface area contributed by atoms with Crippen molar-refractivity contribution in [3.63, 3.8) is 0 Å². The maximum atomic E-state index is 12.4. The average molecular weight is 424 g/mol. The fourth-order valence-electron chi connectivity index (χ4n) is 3.70. The van der Waals surface area contributed by atoms with Gasteiger partial charge in [-0.25, -0.2) is 4.79 Å². The lowest BCUT2D eigenvalue weighted by Crippen LogP contribution is -2.53. The minimum Gasteiger partial charge on any atom is -0.444 e. The van der Waals surface area contributed by atoms with Crippen molar-refractivity contribution in [1.82, 2.24) is 4.90 Å². The van der Waals surface area contributed by atoms with Gasteiger partial charge in [-0.2, -0.15) is 0 Å². The van der Waals surface area contributed by atoms with Gasteiger partial charge >= 0.3 is 6.09 Å². The fourth-order valence-corrected chi connectivity index (χ4v) is 3.70. The van der Waals surface area contributed by atoms with Gasteiger partial charge in [0.2, 0.25) is 0 Å². The number of rotatable bonds is 8. The number of likely N-dealkylation sites (tertiary alicyclic amines) is 1. The van der Waals surface area contributed by atoms with Gasteiger partial charge < -0.3 is 29.3 Å². The maximum absolute atomic E-state index is 12.4. The first-order valence-electron chi connectivity index (χ1n) is 10.6. The van der Waals surface area contributed by atoms with Crippen molar-refractivity contribution in [2.45, 2.75) is 51.9 Å². The van der Waals surface area contributed by atoms with Gasteiger partial charge in [-0.1, -0.05) is 31.2 Å². The van der Waals surface area contributed by atoms with Crippen molar-refractivity contribution in [2.75, 3.05) is 40.0 Å². The molecule has 1 aliphatic rings. The van der Waals surface area contributed by atoms with Gasteiger partial charge in [0, 0.05) is 32.0 Å². The number of carbonyl (C=O) groups excluding carboxylic acids is 1. The fraction of sp³-hybridized carbons (Fsp3) is 0.696. The molecule has 1 fully saturated rings. The third kappa shape index (κ3) is 6.67. The first-order valence-corrected chi connectivity index (χ1v) is 10.6. The maximum Gasteiger partial charge on any atom is 0.410 e. The molecule has 0 aromatic heterocycles. The molecule has 0 bridgehead atoms. The Kier molecular flexibility index (Phi) is 8.67. The highest BCUT2D eigenvalue weighted by Gasteiger charge is 2.44. The topological polar surface area (TPSA) is 88.5 Å². The number of hydrogen-bond acceptors (Lipinski definition) is 6. The summed E-state index contributed by atoms with van der Waals surface area (Å²) in [7, 11) is 1.68. The van der Waals surface area contributed by atoms with Crippen LogP contribution in [0.3, 0.4) is 0 Å². The molecular weight excluding hydrogens is 386 g/mol. The van der Waals surface area contributed by atoms with E-state index >= 15 is 0 Å². The highest BCUT2D eigenvalue weighted by molar-refractivity contribution is 5.68. The van der Waals surface area contributed by atoms with Crippen LogP contribution >= 0.6 is 0 Å². The van der Waals surface area contributed by atoms with Crippen LogP contribution in [-0.2, 0) is 26.4 Å². The molecule has 1 heterocycles. The molecule has 0 spiro atoms. The van der Waals surface area contributed by atoms with E-state index in [9.17, 15) is 15.0 Å². The van der Waals surface area contributed by atoms with Crippen molar-refractivity contribution in [3.05, 3.63) is 35.4 Å². The van der Waals surface area contributed by atoms with Crippen molar-refractivity contribution >= 4 is 6.09 Å². The van der Waals surface area contributed by atoms with Crippen LogP contribution in [0, 0.1) is 11.8 Å². The van der Waals surface area contributed by atoms with Gasteiger partial charge in [0.1, 0.15) is 5.60 Å². The average Bonchev–Trinajstić information content (AvgIpc) is 2.67. The number of ether oxygens (including phenoxy) is 3. The molecule has 0 unspecified atom stereocenters. The Morgan fingerprint density at radius 3 is 2.50 bits per heavy atom. The summed E-state index contributed by atoms with van der Waals surface area (Å²) in [6, 6.07) is 7.62. The van der Waals surface area contributed by atoms with Crippen LogP contribution in [0.15, 0.2) is 24.3 Å². The summed E-state index contributed by atoms with van der Waals surface area (Å²) in [6.45, 7) is 9.67. The van der Waals surface area contributed by atoms with Gasteiger partial charge in [0.05, 0.1) is 32.0 Å². The predicted molar refractivity (Wildman–Crippen MR) is 114 cm³/mol. The van der Waals surface area contributed by atoms with Crippen molar-refractivity contribution in [2.24, 2.45) is 11.8 Å². The highest BCUT2D eigenvalue weighted by Crippen LogP contribution is 2.37. The van der Waals surface area contributed by atoms with E-state index in [1.807, 2.05) is 45.0 Å². The minimum atomic E-state index is -1.19. The second-order valence-electron chi connectivity index (χ2n) is 9.25. The van der Waals surface area contributed by atoms with E-state index < -0.39 is 23.2 Å². The number of hydrogen-bond donors (Lipinski definition) is 2. The van der Waals surface area contributed by atoms with Crippen LogP contribution in [0.1, 0.15) is 45.2 Å². The lowest BCUT2D eigenvalue weighted by atomic mass is 9.76. The molecule has 7 heteroatoms. The Morgan fingerprint density at radius 1 is 1.27 bits per heavy atom. The van der Waals surface area contributed by atoms with Gasteiger partial charge in [-0.3, -0.25) is 0 Å². The molecule has 1 aromatic rings. The van der Waals surface area contributed by atoms with E-state index in [0.29, 0.717) is 38.7 Å². The van der Waals surface area contributed by atoms with E-state index in [-0.39, 0.29) is 13.2 Å². The third-order valence-electron chi connectivity index (χ3n) is 5.33. The summed E-state index contributed by atoms with van der Waals surface area (Å²) in [4.78, 5) is 13.9. The molecule has 1 aliphatic heterocycles. The summed E-state index contributed by atoms with van der Waals surface area (Å²) in [6.07, 6.45) is -0.0832. The SMILES string of the molecule is COC[C@H](C)COCc1ccc([C@@]2(O)CCN(C(=O)OC(C)(C)C)C[C@@H]2CO)cc1. The van der Waals surface area contributed by atoms with Crippen molar-refractivity contribution in [3.8, 4) is 0 Å². The summed E-state index contributed by atoms with van der Waals surface area (Å²) in [5.41, 5.74) is -0.0288. The standard InChI is InChI=1S/C23H37NO6/c1-17(14-28-5)15-29-16-18-6-8-19(9-7-18)23(27)10-11-24(12-20(23)13-25)21(26)30-22(2,3)4/h6-9,17,20,25,27H,10-16H2,1-5H3/t17-,20+,23-/m0/s1. The van der Waals surface area contributed by atoms with E-state index in [1.165, 1.54) is 0 Å². The zero-order valence-corrected chi connectivity index (χ0v) is 18.9. The zero-order chi connectivity index (χ0) is 22.4. The molecule has 0 saturated carbocycles.